The number of rotatable bonds is 3. The van der Waals surface area contributed by atoms with Crippen LogP contribution in [-0.2, 0) is 16.0 Å². The second-order valence-electron chi connectivity index (χ2n) is 5.19. The van der Waals surface area contributed by atoms with Crippen LogP contribution in [0, 0.1) is 6.92 Å². The lowest BCUT2D eigenvalue weighted by Crippen LogP contribution is -2.43. The van der Waals surface area contributed by atoms with E-state index in [0.717, 1.165) is 17.1 Å². The van der Waals surface area contributed by atoms with Crippen molar-refractivity contribution in [3.8, 4) is 0 Å². The van der Waals surface area contributed by atoms with Gasteiger partial charge in [-0.2, -0.15) is 0 Å². The van der Waals surface area contributed by atoms with E-state index >= 15 is 0 Å². The van der Waals surface area contributed by atoms with E-state index in [0.29, 0.717) is 26.1 Å². The van der Waals surface area contributed by atoms with Crippen LogP contribution in [0.25, 0.3) is 0 Å². The molecule has 0 aliphatic carbocycles. The highest BCUT2D eigenvalue weighted by Crippen LogP contribution is 2.20. The highest BCUT2D eigenvalue weighted by atomic mass is 16.5. The van der Waals surface area contributed by atoms with Crippen molar-refractivity contribution in [1.82, 2.24) is 19.9 Å². The number of H-pyrrole nitrogens is 1. The Labute approximate surface area is 123 Å². The van der Waals surface area contributed by atoms with Crippen LogP contribution >= 0.6 is 0 Å². The van der Waals surface area contributed by atoms with Crippen molar-refractivity contribution in [2.45, 2.75) is 19.4 Å². The van der Waals surface area contributed by atoms with Gasteiger partial charge in [0.05, 0.1) is 19.6 Å². The average Bonchev–Trinajstić information content (AvgIpc) is 2.95. The molecule has 0 aromatic carbocycles. The number of aromatic nitrogens is 3. The summed E-state index contributed by atoms with van der Waals surface area (Å²) in [7, 11) is 0. The zero-order valence-electron chi connectivity index (χ0n) is 12.0. The Morgan fingerprint density at radius 1 is 1.52 bits per heavy atom. The van der Waals surface area contributed by atoms with Gasteiger partial charge < -0.3 is 14.6 Å². The molecule has 0 saturated carbocycles. The molecule has 1 N–H and O–H groups in total. The summed E-state index contributed by atoms with van der Waals surface area (Å²) < 4.78 is 5.71. The largest absolute Gasteiger partial charge is 0.367 e. The number of carbonyl (C=O) groups excluding carboxylic acids is 1. The number of nitrogens with one attached hydrogen (secondary N) is 1. The maximum atomic E-state index is 12.4. The minimum atomic E-state index is -0.176. The molecule has 1 amide bonds. The fourth-order valence-corrected chi connectivity index (χ4v) is 2.43. The zero-order chi connectivity index (χ0) is 14.7. The van der Waals surface area contributed by atoms with Crippen LogP contribution in [-0.4, -0.2) is 45.5 Å². The number of amides is 1. The number of aromatic amines is 1. The molecule has 1 fully saturated rings. The predicted molar refractivity (Wildman–Crippen MR) is 76.5 cm³/mol. The Morgan fingerprint density at radius 3 is 3.14 bits per heavy atom. The van der Waals surface area contributed by atoms with Gasteiger partial charge in [-0.25, -0.2) is 4.98 Å². The Balaban J connectivity index is 1.64. The molecule has 1 atom stereocenters. The van der Waals surface area contributed by atoms with Gasteiger partial charge in [-0.1, -0.05) is 6.07 Å². The maximum Gasteiger partial charge on any atom is 0.227 e. The third-order valence-electron chi connectivity index (χ3n) is 3.52. The molecular weight excluding hydrogens is 268 g/mol. The molecule has 3 rings (SSSR count). The Morgan fingerprint density at radius 2 is 2.43 bits per heavy atom. The van der Waals surface area contributed by atoms with Crippen molar-refractivity contribution < 1.29 is 9.53 Å². The molecule has 0 spiro atoms. The molecule has 2 aromatic heterocycles. The molecular formula is C15H18N4O2. The molecule has 6 nitrogen and oxygen atoms in total. The number of carbonyl (C=O) groups is 1. The van der Waals surface area contributed by atoms with Gasteiger partial charge in [-0.15, -0.1) is 0 Å². The van der Waals surface area contributed by atoms with Gasteiger partial charge in [-0.05, 0) is 18.6 Å². The summed E-state index contributed by atoms with van der Waals surface area (Å²) in [6.07, 6.45) is 5.40. The molecule has 21 heavy (non-hydrogen) atoms. The Bertz CT molecular complexity index is 611. The average molecular weight is 286 g/mol. The van der Waals surface area contributed by atoms with E-state index in [-0.39, 0.29) is 12.0 Å². The van der Waals surface area contributed by atoms with Gasteiger partial charge in [0.2, 0.25) is 5.91 Å². The van der Waals surface area contributed by atoms with E-state index in [9.17, 15) is 4.79 Å². The number of ether oxygens (including phenoxy) is 1. The Hall–Kier alpha value is -2.21. The molecule has 1 aliphatic rings. The van der Waals surface area contributed by atoms with Gasteiger partial charge in [0.1, 0.15) is 11.9 Å². The summed E-state index contributed by atoms with van der Waals surface area (Å²) in [6, 6.07) is 3.76. The normalized spacial score (nSPS) is 18.7. The van der Waals surface area contributed by atoms with E-state index in [1.165, 1.54) is 0 Å². The van der Waals surface area contributed by atoms with Crippen LogP contribution in [0.15, 0.2) is 30.7 Å². The Kier molecular flexibility index (Phi) is 3.96. The quantitative estimate of drug-likeness (QED) is 0.922. The van der Waals surface area contributed by atoms with Crippen LogP contribution in [0.2, 0.25) is 0 Å². The van der Waals surface area contributed by atoms with Crippen molar-refractivity contribution >= 4 is 5.91 Å². The number of imidazole rings is 1. The zero-order valence-corrected chi connectivity index (χ0v) is 12.0. The molecule has 1 saturated heterocycles. The highest BCUT2D eigenvalue weighted by Gasteiger charge is 2.27. The summed E-state index contributed by atoms with van der Waals surface area (Å²) >= 11 is 0. The lowest BCUT2D eigenvalue weighted by Gasteiger charge is -2.32. The minimum Gasteiger partial charge on any atom is -0.367 e. The fourth-order valence-electron chi connectivity index (χ4n) is 2.43. The number of pyridine rings is 1. The van der Waals surface area contributed by atoms with Crippen LogP contribution in [0.3, 0.4) is 0 Å². The number of hydrogen-bond donors (Lipinski definition) is 1. The first-order valence-corrected chi connectivity index (χ1v) is 7.02. The van der Waals surface area contributed by atoms with E-state index in [2.05, 4.69) is 15.0 Å². The number of nitrogens with zero attached hydrogens (tertiary/aromatic N) is 3. The highest BCUT2D eigenvalue weighted by molar-refractivity contribution is 5.78. The number of aryl methyl sites for hydroxylation is 1. The van der Waals surface area contributed by atoms with Gasteiger partial charge in [-0.3, -0.25) is 9.78 Å². The molecule has 110 valence electrons. The monoisotopic (exact) mass is 286 g/mol. The maximum absolute atomic E-state index is 12.4. The molecule has 2 aromatic rings. The summed E-state index contributed by atoms with van der Waals surface area (Å²) in [5.41, 5.74) is 1.92. The molecule has 3 heterocycles. The van der Waals surface area contributed by atoms with Crippen LogP contribution < -0.4 is 0 Å². The SMILES string of the molecule is Cc1cnc([C@H]2CN(C(=O)Cc3cccnc3)CCO2)[nH]1. The predicted octanol–water partition coefficient (Wildman–Crippen LogP) is 1.26. The van der Waals surface area contributed by atoms with Crippen LogP contribution in [0.1, 0.15) is 23.2 Å². The lowest BCUT2D eigenvalue weighted by molar-refractivity contribution is -0.138. The van der Waals surface area contributed by atoms with Crippen molar-refractivity contribution in [3.63, 3.8) is 0 Å². The first kappa shape index (κ1) is 13.8. The minimum absolute atomic E-state index is 0.0968. The van der Waals surface area contributed by atoms with Gasteiger partial charge in [0.25, 0.3) is 0 Å². The summed E-state index contributed by atoms with van der Waals surface area (Å²) in [5, 5.41) is 0. The molecule has 0 radical (unpaired) electrons. The van der Waals surface area contributed by atoms with Crippen molar-refractivity contribution in [1.29, 1.82) is 0 Å². The fraction of sp³-hybridized carbons (Fsp3) is 0.400. The second-order valence-corrected chi connectivity index (χ2v) is 5.19. The topological polar surface area (TPSA) is 71.1 Å². The first-order chi connectivity index (χ1) is 10.2. The summed E-state index contributed by atoms with van der Waals surface area (Å²) in [4.78, 5) is 25.7. The molecule has 6 heteroatoms. The van der Waals surface area contributed by atoms with Gasteiger partial charge in [0, 0.05) is 30.8 Å². The number of hydrogen-bond acceptors (Lipinski definition) is 4. The van der Waals surface area contributed by atoms with E-state index in [4.69, 9.17) is 4.74 Å². The lowest BCUT2D eigenvalue weighted by atomic mass is 10.1. The van der Waals surface area contributed by atoms with Gasteiger partial charge >= 0.3 is 0 Å². The van der Waals surface area contributed by atoms with E-state index in [1.807, 2.05) is 24.0 Å². The molecule has 1 aliphatic heterocycles. The van der Waals surface area contributed by atoms with Crippen LogP contribution in [0.5, 0.6) is 0 Å². The smallest absolute Gasteiger partial charge is 0.227 e. The second kappa shape index (κ2) is 6.05. The van der Waals surface area contributed by atoms with Crippen molar-refractivity contribution in [3.05, 3.63) is 47.8 Å². The van der Waals surface area contributed by atoms with Crippen LogP contribution in [0.4, 0.5) is 0 Å². The number of morpholine rings is 1. The standard InChI is InChI=1S/C15H18N4O2/c1-11-8-17-15(18-11)13-10-19(5-6-21-13)14(20)7-12-3-2-4-16-9-12/h2-4,8-9,13H,5-7,10H2,1H3,(H,17,18)/t13-/m1/s1. The first-order valence-electron chi connectivity index (χ1n) is 7.02. The van der Waals surface area contributed by atoms with E-state index < -0.39 is 0 Å². The van der Waals surface area contributed by atoms with E-state index in [1.54, 1.807) is 18.6 Å². The summed E-state index contributed by atoms with van der Waals surface area (Å²) in [6.45, 7) is 3.63. The third-order valence-corrected chi connectivity index (χ3v) is 3.52. The third kappa shape index (κ3) is 3.28. The van der Waals surface area contributed by atoms with Gasteiger partial charge in [0.15, 0.2) is 0 Å². The van der Waals surface area contributed by atoms with Crippen molar-refractivity contribution in [2.75, 3.05) is 19.7 Å². The molecule has 0 unspecified atom stereocenters. The van der Waals surface area contributed by atoms with Crippen molar-refractivity contribution in [2.24, 2.45) is 0 Å². The molecule has 0 bridgehead atoms. The summed E-state index contributed by atoms with van der Waals surface area (Å²) in [5.74, 6) is 0.881.